The summed E-state index contributed by atoms with van der Waals surface area (Å²) >= 11 is 0. The van der Waals surface area contributed by atoms with Gasteiger partial charge in [-0.25, -0.2) is 4.39 Å². The molecule has 27 heavy (non-hydrogen) atoms. The summed E-state index contributed by atoms with van der Waals surface area (Å²) in [6.45, 7) is 0. The van der Waals surface area contributed by atoms with Crippen LogP contribution in [0.3, 0.4) is 0 Å². The van der Waals surface area contributed by atoms with Crippen LogP contribution in [0.1, 0.15) is 5.69 Å². The number of anilines is 3. The largest absolute Gasteiger partial charge is 0.497 e. The number of benzene rings is 1. The van der Waals surface area contributed by atoms with E-state index in [2.05, 4.69) is 25.3 Å². The van der Waals surface area contributed by atoms with Crippen molar-refractivity contribution in [2.24, 2.45) is 0 Å². The Morgan fingerprint density at radius 2 is 1.85 bits per heavy atom. The second-order valence-electron chi connectivity index (χ2n) is 5.24. The first kappa shape index (κ1) is 18.3. The van der Waals surface area contributed by atoms with Gasteiger partial charge in [-0.2, -0.15) is 28.1 Å². The first-order chi connectivity index (χ1) is 12.8. The molecular formula is C16H12F4N6O. The van der Waals surface area contributed by atoms with Gasteiger partial charge in [-0.15, -0.1) is 0 Å². The Morgan fingerprint density at radius 3 is 2.56 bits per heavy atom. The summed E-state index contributed by atoms with van der Waals surface area (Å²) in [5, 5.41) is 2.58. The highest BCUT2D eigenvalue weighted by molar-refractivity contribution is 5.62. The van der Waals surface area contributed by atoms with Crippen LogP contribution in [0.4, 0.5) is 35.1 Å². The van der Waals surface area contributed by atoms with Crippen molar-refractivity contribution in [1.29, 1.82) is 0 Å². The van der Waals surface area contributed by atoms with E-state index in [4.69, 9.17) is 10.5 Å². The molecule has 2 aromatic heterocycles. The summed E-state index contributed by atoms with van der Waals surface area (Å²) in [6.07, 6.45) is -3.62. The molecule has 7 nitrogen and oxygen atoms in total. The van der Waals surface area contributed by atoms with Crippen molar-refractivity contribution in [2.45, 2.75) is 6.18 Å². The van der Waals surface area contributed by atoms with Crippen molar-refractivity contribution in [3.05, 3.63) is 48.0 Å². The number of hydrogen-bond donors (Lipinski definition) is 2. The van der Waals surface area contributed by atoms with Crippen LogP contribution < -0.4 is 15.8 Å². The molecule has 0 spiro atoms. The topological polar surface area (TPSA) is 98.8 Å². The third-order valence-electron chi connectivity index (χ3n) is 3.37. The van der Waals surface area contributed by atoms with Crippen molar-refractivity contribution >= 4 is 17.6 Å². The van der Waals surface area contributed by atoms with E-state index >= 15 is 0 Å². The van der Waals surface area contributed by atoms with Gasteiger partial charge in [-0.3, -0.25) is 4.98 Å². The summed E-state index contributed by atoms with van der Waals surface area (Å²) in [6, 6.07) is 6.02. The number of nitrogens with one attached hydrogen (secondary N) is 1. The Bertz CT molecular complexity index is 979. The maximum atomic E-state index is 14.1. The molecule has 0 aliphatic rings. The zero-order valence-electron chi connectivity index (χ0n) is 13.8. The summed E-state index contributed by atoms with van der Waals surface area (Å²) in [5.74, 6) is -0.764. The molecule has 0 fully saturated rings. The van der Waals surface area contributed by atoms with Gasteiger partial charge in [0.2, 0.25) is 11.9 Å². The molecule has 3 N–H and O–H groups in total. The van der Waals surface area contributed by atoms with Gasteiger partial charge >= 0.3 is 6.18 Å². The van der Waals surface area contributed by atoms with Gasteiger partial charge in [-0.1, -0.05) is 0 Å². The molecule has 0 aliphatic heterocycles. The number of alkyl halides is 3. The van der Waals surface area contributed by atoms with Gasteiger partial charge in [0.15, 0.2) is 5.82 Å². The van der Waals surface area contributed by atoms with E-state index in [1.807, 2.05) is 0 Å². The lowest BCUT2D eigenvalue weighted by Crippen LogP contribution is -2.09. The number of nitrogen functional groups attached to an aromatic ring is 1. The fraction of sp³-hybridized carbons (Fsp3) is 0.125. The number of nitrogens with two attached hydrogens (primary N) is 1. The molecule has 0 atom stereocenters. The normalized spacial score (nSPS) is 11.3. The Labute approximate surface area is 150 Å². The third kappa shape index (κ3) is 4.19. The summed E-state index contributed by atoms with van der Waals surface area (Å²) < 4.78 is 57.5. The minimum Gasteiger partial charge on any atom is -0.497 e. The molecule has 0 aliphatic carbocycles. The number of aromatic nitrogens is 4. The Morgan fingerprint density at radius 1 is 1.07 bits per heavy atom. The molecule has 0 bridgehead atoms. The lowest BCUT2D eigenvalue weighted by Gasteiger charge is -2.10. The molecule has 0 saturated heterocycles. The number of pyridine rings is 1. The van der Waals surface area contributed by atoms with Crippen LogP contribution in [0.25, 0.3) is 11.4 Å². The molecule has 140 valence electrons. The smallest absolute Gasteiger partial charge is 0.433 e. The first-order valence-corrected chi connectivity index (χ1v) is 7.42. The molecule has 0 unspecified atom stereocenters. The highest BCUT2D eigenvalue weighted by atomic mass is 19.4. The predicted octanol–water partition coefficient (Wildman–Crippen LogP) is 3.43. The average molecular weight is 380 g/mol. The summed E-state index contributed by atoms with van der Waals surface area (Å²) in [5.41, 5.74) is 4.56. The van der Waals surface area contributed by atoms with Crippen molar-refractivity contribution in [3.8, 4) is 17.1 Å². The van der Waals surface area contributed by atoms with Gasteiger partial charge in [0.25, 0.3) is 0 Å². The summed E-state index contributed by atoms with van der Waals surface area (Å²) in [4.78, 5) is 15.0. The number of methoxy groups -OCH3 is 1. The van der Waals surface area contributed by atoms with Gasteiger partial charge < -0.3 is 15.8 Å². The molecule has 0 saturated carbocycles. The average Bonchev–Trinajstić information content (AvgIpc) is 2.61. The lowest BCUT2D eigenvalue weighted by molar-refractivity contribution is -0.141. The highest BCUT2D eigenvalue weighted by Gasteiger charge is 2.32. The van der Waals surface area contributed by atoms with E-state index < -0.39 is 17.7 Å². The van der Waals surface area contributed by atoms with E-state index in [0.29, 0.717) is 5.75 Å². The molecule has 3 aromatic rings. The van der Waals surface area contributed by atoms with E-state index in [9.17, 15) is 17.6 Å². The fourth-order valence-electron chi connectivity index (χ4n) is 2.16. The van der Waals surface area contributed by atoms with Crippen LogP contribution in [-0.4, -0.2) is 27.0 Å². The maximum absolute atomic E-state index is 14.1. The number of hydrogen-bond acceptors (Lipinski definition) is 7. The second-order valence-corrected chi connectivity index (χ2v) is 5.24. The van der Waals surface area contributed by atoms with E-state index in [1.54, 1.807) is 0 Å². The van der Waals surface area contributed by atoms with Crippen molar-refractivity contribution in [1.82, 2.24) is 19.9 Å². The van der Waals surface area contributed by atoms with Gasteiger partial charge in [0, 0.05) is 11.9 Å². The molecule has 1 aromatic carbocycles. The quantitative estimate of drug-likeness (QED) is 0.669. The lowest BCUT2D eigenvalue weighted by atomic mass is 10.2. The van der Waals surface area contributed by atoms with E-state index in [0.717, 1.165) is 12.3 Å². The van der Waals surface area contributed by atoms with Crippen LogP contribution in [0.5, 0.6) is 5.75 Å². The molecule has 0 radical (unpaired) electrons. The molecule has 3 rings (SSSR count). The predicted molar refractivity (Wildman–Crippen MR) is 88.7 cm³/mol. The number of ether oxygens (including phenoxy) is 1. The molecule has 0 amide bonds. The number of nitrogens with zero attached hydrogens (tertiary/aromatic N) is 4. The van der Waals surface area contributed by atoms with Crippen LogP contribution in [-0.2, 0) is 6.18 Å². The maximum Gasteiger partial charge on any atom is 0.433 e. The molecule has 2 heterocycles. The first-order valence-electron chi connectivity index (χ1n) is 7.42. The van der Waals surface area contributed by atoms with Gasteiger partial charge in [0.05, 0.1) is 12.7 Å². The standard InChI is InChI=1S/C16H12F4N6O/c1-27-9-2-3-11(17)10(7-9)13-24-14(21)26-15(25-13)23-8-4-5-22-12(6-8)16(18,19)20/h2-7H,1H3,(H3,21,22,23,24,25,26). The summed E-state index contributed by atoms with van der Waals surface area (Å²) in [7, 11) is 1.41. The molecular weight excluding hydrogens is 368 g/mol. The number of rotatable bonds is 4. The van der Waals surface area contributed by atoms with Crippen LogP contribution in [0.15, 0.2) is 36.5 Å². The number of halogens is 4. The Hall–Kier alpha value is -3.50. The zero-order chi connectivity index (χ0) is 19.6. The SMILES string of the molecule is COc1ccc(F)c(-c2nc(N)nc(Nc3ccnc(C(F)(F)F)c3)n2)c1. The molecule has 11 heteroatoms. The minimum absolute atomic E-state index is 0.00258. The third-order valence-corrected chi connectivity index (χ3v) is 3.37. The van der Waals surface area contributed by atoms with Crippen molar-refractivity contribution in [2.75, 3.05) is 18.2 Å². The monoisotopic (exact) mass is 380 g/mol. The van der Waals surface area contributed by atoms with E-state index in [-0.39, 0.29) is 29.0 Å². The Kier molecular flexibility index (Phi) is 4.75. The van der Waals surface area contributed by atoms with Crippen molar-refractivity contribution in [3.63, 3.8) is 0 Å². The zero-order valence-corrected chi connectivity index (χ0v) is 13.8. The van der Waals surface area contributed by atoms with E-state index in [1.165, 1.54) is 31.4 Å². The van der Waals surface area contributed by atoms with Gasteiger partial charge in [-0.05, 0) is 30.3 Å². The van der Waals surface area contributed by atoms with Crippen LogP contribution in [0.2, 0.25) is 0 Å². The fourth-order valence-corrected chi connectivity index (χ4v) is 2.16. The van der Waals surface area contributed by atoms with Crippen molar-refractivity contribution < 1.29 is 22.3 Å². The van der Waals surface area contributed by atoms with Crippen LogP contribution in [0, 0.1) is 5.82 Å². The second kappa shape index (κ2) is 7.02. The highest BCUT2D eigenvalue weighted by Crippen LogP contribution is 2.30. The van der Waals surface area contributed by atoms with Crippen LogP contribution >= 0.6 is 0 Å². The van der Waals surface area contributed by atoms with Gasteiger partial charge in [0.1, 0.15) is 17.3 Å². The Balaban J connectivity index is 1.98. The minimum atomic E-state index is -4.61.